The number of rotatable bonds is 10. The number of Topliss-reactive ketones (excluding diaryl/α,β-unsaturated/α-hetero) is 1. The van der Waals surface area contributed by atoms with Crippen LogP contribution in [0.3, 0.4) is 0 Å². The van der Waals surface area contributed by atoms with E-state index in [1.165, 1.54) is 49.7 Å². The SMILES string of the molecule is [2H]C([2H])([2H])OC(=O)N/C=C/CCCc1cc(O)c(C(=O)C(C)=Cc2cnc(Oc3ccc(F)c(Cl)c3)s2)c(=O)o1. The molecular formula is C25H22ClFN2O7S. The predicted octanol–water partition coefficient (Wildman–Crippen LogP) is 5.87. The Morgan fingerprint density at radius 2 is 2.19 bits per heavy atom. The molecule has 9 nitrogen and oxygen atoms in total. The number of hydrogen-bond donors (Lipinski definition) is 2. The van der Waals surface area contributed by atoms with Crippen LogP contribution in [-0.4, -0.2) is 29.0 Å². The van der Waals surface area contributed by atoms with Gasteiger partial charge in [-0.05, 0) is 43.5 Å². The lowest BCUT2D eigenvalue weighted by Crippen LogP contribution is -2.16. The molecule has 0 saturated carbocycles. The number of aromatic hydroxyl groups is 1. The van der Waals surface area contributed by atoms with Crippen LogP contribution in [0.1, 0.15) is 44.9 Å². The Morgan fingerprint density at radius 3 is 2.92 bits per heavy atom. The summed E-state index contributed by atoms with van der Waals surface area (Å²) in [7, 11) is -2.85. The first-order valence-electron chi connectivity index (χ1n) is 12.1. The maximum atomic E-state index is 13.3. The van der Waals surface area contributed by atoms with Gasteiger partial charge in [0.25, 0.3) is 5.19 Å². The van der Waals surface area contributed by atoms with Crippen LogP contribution in [0.4, 0.5) is 9.18 Å². The second kappa shape index (κ2) is 12.8. The van der Waals surface area contributed by atoms with Crippen molar-refractivity contribution in [1.82, 2.24) is 10.3 Å². The summed E-state index contributed by atoms with van der Waals surface area (Å²) < 4.78 is 48.6. The number of carbonyl (C=O) groups is 2. The minimum atomic E-state index is -2.85. The molecule has 0 bridgehead atoms. The van der Waals surface area contributed by atoms with Crippen molar-refractivity contribution in [2.24, 2.45) is 0 Å². The van der Waals surface area contributed by atoms with Crippen LogP contribution in [0.2, 0.25) is 5.02 Å². The van der Waals surface area contributed by atoms with E-state index in [9.17, 15) is 23.9 Å². The van der Waals surface area contributed by atoms with Gasteiger partial charge in [0.15, 0.2) is 5.78 Å². The second-order valence-corrected chi connectivity index (χ2v) is 8.88. The number of benzene rings is 1. The molecule has 1 aromatic carbocycles. The lowest BCUT2D eigenvalue weighted by molar-refractivity contribution is 0.102. The van der Waals surface area contributed by atoms with E-state index in [-0.39, 0.29) is 33.7 Å². The molecule has 0 aliphatic heterocycles. The predicted molar refractivity (Wildman–Crippen MR) is 136 cm³/mol. The Kier molecular flexibility index (Phi) is 8.13. The molecule has 0 radical (unpaired) electrons. The molecule has 0 aliphatic carbocycles. The molecule has 3 rings (SSSR count). The lowest BCUT2D eigenvalue weighted by Gasteiger charge is -2.05. The van der Waals surface area contributed by atoms with E-state index >= 15 is 0 Å². The number of halogens is 2. The number of aryl methyl sites for hydroxylation is 1. The van der Waals surface area contributed by atoms with Gasteiger partial charge in [0.05, 0.1) is 21.1 Å². The number of carbonyl (C=O) groups excluding carboxylic acids is 2. The normalized spacial score (nSPS) is 13.1. The molecule has 0 atom stereocenters. The number of alkyl carbamates (subject to hydrolysis) is 1. The number of amides is 1. The van der Waals surface area contributed by atoms with Gasteiger partial charge in [0.1, 0.15) is 28.6 Å². The van der Waals surface area contributed by atoms with Crippen molar-refractivity contribution in [3.8, 4) is 16.7 Å². The maximum Gasteiger partial charge on any atom is 0.410 e. The molecule has 3 aromatic rings. The Hall–Kier alpha value is -3.96. The second-order valence-electron chi connectivity index (χ2n) is 7.45. The van der Waals surface area contributed by atoms with Crippen molar-refractivity contribution in [2.75, 3.05) is 7.04 Å². The summed E-state index contributed by atoms with van der Waals surface area (Å²) in [6.07, 6.45) is 5.62. The number of nitrogens with zero attached hydrogens (tertiary/aromatic N) is 1. The molecule has 0 aliphatic rings. The molecule has 194 valence electrons. The summed E-state index contributed by atoms with van der Waals surface area (Å²) >= 11 is 6.83. The van der Waals surface area contributed by atoms with Crippen LogP contribution in [-0.2, 0) is 11.2 Å². The van der Waals surface area contributed by atoms with E-state index in [4.69, 9.17) is 24.9 Å². The number of ether oxygens (including phenoxy) is 2. The fourth-order valence-electron chi connectivity index (χ4n) is 3.00. The molecule has 2 aromatic heterocycles. The fraction of sp³-hybridized carbons (Fsp3) is 0.200. The number of methoxy groups -OCH3 is 1. The minimum absolute atomic E-state index is 0.108. The van der Waals surface area contributed by atoms with Crippen molar-refractivity contribution in [1.29, 1.82) is 0 Å². The molecule has 37 heavy (non-hydrogen) atoms. The van der Waals surface area contributed by atoms with E-state index in [1.54, 1.807) is 0 Å². The number of nitrogens with one attached hydrogen (secondary N) is 1. The average Bonchev–Trinajstić information content (AvgIpc) is 3.28. The summed E-state index contributed by atoms with van der Waals surface area (Å²) in [5.74, 6) is -1.44. The Morgan fingerprint density at radius 1 is 1.38 bits per heavy atom. The van der Waals surface area contributed by atoms with Crippen LogP contribution >= 0.6 is 22.9 Å². The van der Waals surface area contributed by atoms with E-state index in [1.807, 2.05) is 0 Å². The summed E-state index contributed by atoms with van der Waals surface area (Å²) in [5, 5.41) is 12.6. The van der Waals surface area contributed by atoms with Gasteiger partial charge in [-0.1, -0.05) is 29.0 Å². The third-order valence-electron chi connectivity index (χ3n) is 4.73. The highest BCUT2D eigenvalue weighted by molar-refractivity contribution is 7.14. The minimum Gasteiger partial charge on any atom is -0.507 e. The third kappa shape index (κ3) is 7.76. The van der Waals surface area contributed by atoms with Crippen LogP contribution in [0, 0.1) is 5.82 Å². The highest BCUT2D eigenvalue weighted by Crippen LogP contribution is 2.30. The highest BCUT2D eigenvalue weighted by atomic mass is 35.5. The van der Waals surface area contributed by atoms with E-state index in [0.29, 0.717) is 17.7 Å². The fourth-order valence-corrected chi connectivity index (χ4v) is 3.95. The first kappa shape index (κ1) is 23.4. The Labute approximate surface area is 224 Å². The molecular weight excluding hydrogens is 527 g/mol. The molecule has 0 fully saturated rings. The smallest absolute Gasteiger partial charge is 0.410 e. The Balaban J connectivity index is 1.58. The molecule has 0 spiro atoms. The molecule has 2 N–H and O–H groups in total. The zero-order valence-corrected chi connectivity index (χ0v) is 20.8. The topological polar surface area (TPSA) is 128 Å². The van der Waals surface area contributed by atoms with Crippen LogP contribution in [0.15, 0.2) is 57.5 Å². The molecule has 0 unspecified atom stereocenters. The number of ketones is 1. The van der Waals surface area contributed by atoms with Gasteiger partial charge < -0.3 is 19.0 Å². The van der Waals surface area contributed by atoms with Crippen LogP contribution in [0.25, 0.3) is 6.08 Å². The van der Waals surface area contributed by atoms with Crippen LogP contribution < -0.4 is 15.7 Å². The van der Waals surface area contributed by atoms with Crippen molar-refractivity contribution in [3.05, 3.63) is 85.8 Å². The summed E-state index contributed by atoms with van der Waals surface area (Å²) in [6.45, 7) is 1.46. The first-order valence-corrected chi connectivity index (χ1v) is 11.8. The Bertz CT molecular complexity index is 1520. The van der Waals surface area contributed by atoms with E-state index in [2.05, 4.69) is 15.0 Å². The maximum absolute atomic E-state index is 13.3. The van der Waals surface area contributed by atoms with Crippen molar-refractivity contribution >= 4 is 40.9 Å². The lowest BCUT2D eigenvalue weighted by atomic mass is 10.0. The van der Waals surface area contributed by atoms with Gasteiger partial charge in [-0.3, -0.25) is 10.1 Å². The van der Waals surface area contributed by atoms with Gasteiger partial charge in [-0.2, -0.15) is 0 Å². The standard InChI is InChI=1S/C25H22ClFN2O7S/c1-14(10-17-13-29-25(37-17)36-16-7-8-19(27)18(26)11-16)22(31)21-20(30)12-15(35-23(21)32)6-4-3-5-9-28-24(33)34-2/h5,7-13,30H,3-4,6H2,1-2H3,(H,28,33)/b9-5+,14-10?/i2D3. The molecule has 12 heteroatoms. The summed E-state index contributed by atoms with van der Waals surface area (Å²) in [5.41, 5.74) is -1.39. The van der Waals surface area contributed by atoms with E-state index < -0.39 is 41.7 Å². The molecule has 2 heterocycles. The van der Waals surface area contributed by atoms with Crippen LogP contribution in [0.5, 0.6) is 16.7 Å². The van der Waals surface area contributed by atoms with Gasteiger partial charge in [-0.25, -0.2) is 19.0 Å². The number of allylic oxidation sites excluding steroid dienone is 2. The van der Waals surface area contributed by atoms with Gasteiger partial charge in [-0.15, -0.1) is 0 Å². The monoisotopic (exact) mass is 551 g/mol. The zero-order valence-electron chi connectivity index (χ0n) is 22.2. The molecule has 1 amide bonds. The number of unbranched alkanes of at least 4 members (excludes halogenated alkanes) is 1. The van der Waals surface area contributed by atoms with Crippen molar-refractivity contribution in [3.63, 3.8) is 0 Å². The average molecular weight is 552 g/mol. The quantitative estimate of drug-likeness (QED) is 0.182. The molecule has 0 saturated heterocycles. The van der Waals surface area contributed by atoms with Crippen molar-refractivity contribution in [2.45, 2.75) is 26.2 Å². The summed E-state index contributed by atoms with van der Waals surface area (Å²) in [4.78, 5) is 41.2. The number of aromatic nitrogens is 1. The van der Waals surface area contributed by atoms with E-state index in [0.717, 1.165) is 17.4 Å². The third-order valence-corrected chi connectivity index (χ3v) is 5.84. The zero-order chi connectivity index (χ0) is 29.4. The largest absolute Gasteiger partial charge is 0.507 e. The van der Waals surface area contributed by atoms with Crippen molar-refractivity contribution < 1.29 is 37.1 Å². The first-order chi connectivity index (χ1) is 18.8. The summed E-state index contributed by atoms with van der Waals surface area (Å²) in [6, 6.07) is 5.02. The van der Waals surface area contributed by atoms with Gasteiger partial charge in [0, 0.05) is 31.0 Å². The van der Waals surface area contributed by atoms with Gasteiger partial charge >= 0.3 is 11.7 Å². The van der Waals surface area contributed by atoms with Gasteiger partial charge in [0.2, 0.25) is 0 Å². The number of thiazole rings is 1. The highest BCUT2D eigenvalue weighted by Gasteiger charge is 2.21. The number of hydrogen-bond acceptors (Lipinski definition) is 9.